The molecule has 2 aromatic carbocycles. The van der Waals surface area contributed by atoms with Crippen molar-refractivity contribution >= 4 is 6.03 Å². The number of carbonyl (C=O) groups excluding carboxylic acids is 1. The predicted octanol–water partition coefficient (Wildman–Crippen LogP) is 3.46. The number of benzene rings is 2. The van der Waals surface area contributed by atoms with E-state index < -0.39 is 0 Å². The Hall–Kier alpha value is -2.73. The first-order valence-corrected chi connectivity index (χ1v) is 9.75. The summed E-state index contributed by atoms with van der Waals surface area (Å²) in [6.07, 6.45) is 0. The molecule has 152 valence electrons. The zero-order valence-corrected chi connectivity index (χ0v) is 17.0. The van der Waals surface area contributed by atoms with Gasteiger partial charge in [-0.3, -0.25) is 4.90 Å². The second-order valence-corrected chi connectivity index (χ2v) is 6.31. The summed E-state index contributed by atoms with van der Waals surface area (Å²) in [5.41, 5.74) is 1.20. The summed E-state index contributed by atoms with van der Waals surface area (Å²) in [4.78, 5) is 14.5. The van der Waals surface area contributed by atoms with Crippen LogP contribution >= 0.6 is 0 Å². The molecule has 0 aliphatic heterocycles. The molecule has 6 heteroatoms. The molecule has 28 heavy (non-hydrogen) atoms. The van der Waals surface area contributed by atoms with Gasteiger partial charge in [0.15, 0.2) is 0 Å². The Morgan fingerprint density at radius 3 is 2.21 bits per heavy atom. The van der Waals surface area contributed by atoms with Gasteiger partial charge in [0.2, 0.25) is 0 Å². The Morgan fingerprint density at radius 2 is 1.61 bits per heavy atom. The van der Waals surface area contributed by atoms with Gasteiger partial charge in [-0.2, -0.15) is 0 Å². The number of likely N-dealkylation sites (N-methyl/N-ethyl adjacent to an activating group) is 1. The highest BCUT2D eigenvalue weighted by molar-refractivity contribution is 5.73. The number of hydrogen-bond donors (Lipinski definition) is 2. The third-order valence-corrected chi connectivity index (χ3v) is 4.61. The Morgan fingerprint density at radius 1 is 0.964 bits per heavy atom. The van der Waals surface area contributed by atoms with E-state index in [9.17, 15) is 4.79 Å². The van der Waals surface area contributed by atoms with E-state index in [4.69, 9.17) is 9.47 Å². The third-order valence-electron chi connectivity index (χ3n) is 4.61. The van der Waals surface area contributed by atoms with Gasteiger partial charge in [-0.15, -0.1) is 0 Å². The minimum Gasteiger partial charge on any atom is -0.497 e. The molecule has 0 aromatic heterocycles. The lowest BCUT2D eigenvalue weighted by Gasteiger charge is -2.30. The quantitative estimate of drug-likeness (QED) is 0.582. The molecule has 0 aliphatic rings. The lowest BCUT2D eigenvalue weighted by atomic mass is 10.1. The number of hydrogen-bond acceptors (Lipinski definition) is 4. The zero-order valence-electron chi connectivity index (χ0n) is 17.0. The van der Waals surface area contributed by atoms with Gasteiger partial charge in [0, 0.05) is 6.54 Å². The second kappa shape index (κ2) is 11.9. The van der Waals surface area contributed by atoms with Gasteiger partial charge in [-0.1, -0.05) is 44.2 Å². The smallest absolute Gasteiger partial charge is 0.314 e. The topological polar surface area (TPSA) is 62.8 Å². The Bertz CT molecular complexity index is 688. The summed E-state index contributed by atoms with van der Waals surface area (Å²) in [5, 5.41) is 5.82. The van der Waals surface area contributed by atoms with E-state index in [-0.39, 0.29) is 12.1 Å². The molecule has 1 unspecified atom stereocenters. The molecule has 0 fully saturated rings. The molecule has 0 heterocycles. The van der Waals surface area contributed by atoms with Crippen molar-refractivity contribution in [2.24, 2.45) is 0 Å². The molecule has 6 nitrogen and oxygen atoms in total. The summed E-state index contributed by atoms with van der Waals surface area (Å²) in [6, 6.07) is 17.6. The lowest BCUT2D eigenvalue weighted by Crippen LogP contribution is -2.43. The summed E-state index contributed by atoms with van der Waals surface area (Å²) in [5.74, 6) is 1.53. The molecule has 2 N–H and O–H groups in total. The largest absolute Gasteiger partial charge is 0.497 e. The Kier molecular flexibility index (Phi) is 9.15. The van der Waals surface area contributed by atoms with Crippen LogP contribution in [-0.2, 0) is 0 Å². The average Bonchev–Trinajstić information content (AvgIpc) is 2.75. The Labute approximate surface area is 167 Å². The van der Waals surface area contributed by atoms with Gasteiger partial charge in [-0.25, -0.2) is 4.79 Å². The number of rotatable bonds is 11. The van der Waals surface area contributed by atoms with Crippen molar-refractivity contribution in [3.05, 3.63) is 60.2 Å². The van der Waals surface area contributed by atoms with Crippen LogP contribution in [0.4, 0.5) is 4.79 Å². The molecule has 2 amide bonds. The second-order valence-electron chi connectivity index (χ2n) is 6.31. The predicted molar refractivity (Wildman–Crippen MR) is 112 cm³/mol. The van der Waals surface area contributed by atoms with Crippen molar-refractivity contribution in [3.63, 3.8) is 0 Å². The molecular weight excluding hydrogens is 354 g/mol. The number of nitrogens with one attached hydrogen (secondary N) is 2. The first-order chi connectivity index (χ1) is 13.7. The van der Waals surface area contributed by atoms with Crippen molar-refractivity contribution in [2.75, 3.05) is 39.9 Å². The lowest BCUT2D eigenvalue weighted by molar-refractivity contribution is 0.205. The molecule has 0 saturated heterocycles. The van der Waals surface area contributed by atoms with Crippen molar-refractivity contribution in [2.45, 2.75) is 19.9 Å². The molecule has 0 bridgehead atoms. The molecule has 0 aliphatic carbocycles. The first kappa shape index (κ1) is 21.6. The number of methoxy groups -OCH3 is 1. The first-order valence-electron chi connectivity index (χ1n) is 9.75. The molecule has 2 rings (SSSR count). The van der Waals surface area contributed by atoms with Crippen LogP contribution in [0, 0.1) is 0 Å². The van der Waals surface area contributed by atoms with Crippen LogP contribution in [0.15, 0.2) is 54.6 Å². The van der Waals surface area contributed by atoms with Crippen LogP contribution in [0.1, 0.15) is 25.5 Å². The van der Waals surface area contributed by atoms with Crippen LogP contribution in [-0.4, -0.2) is 50.8 Å². The standard InChI is InChI=1S/C22H31N3O3/c1-4-25(5-2)21(18-9-7-6-8-10-18)17-24-22(26)23-15-16-28-20-13-11-19(27-3)12-14-20/h6-14,21H,4-5,15-17H2,1-3H3,(H2,23,24,26). The van der Waals surface area contributed by atoms with E-state index in [1.165, 1.54) is 5.56 Å². The van der Waals surface area contributed by atoms with Crippen LogP contribution in [0.3, 0.4) is 0 Å². The van der Waals surface area contributed by atoms with E-state index in [0.29, 0.717) is 19.7 Å². The average molecular weight is 386 g/mol. The van der Waals surface area contributed by atoms with Crippen molar-refractivity contribution in [1.29, 1.82) is 0 Å². The molecule has 2 aromatic rings. The summed E-state index contributed by atoms with van der Waals surface area (Å²) in [7, 11) is 1.63. The van der Waals surface area contributed by atoms with Gasteiger partial charge in [0.25, 0.3) is 0 Å². The van der Waals surface area contributed by atoms with Gasteiger partial charge < -0.3 is 20.1 Å². The van der Waals surface area contributed by atoms with Gasteiger partial charge in [-0.05, 0) is 42.9 Å². The van der Waals surface area contributed by atoms with Crippen molar-refractivity contribution < 1.29 is 14.3 Å². The van der Waals surface area contributed by atoms with Crippen LogP contribution in [0.5, 0.6) is 11.5 Å². The number of urea groups is 1. The fourth-order valence-corrected chi connectivity index (χ4v) is 3.05. The maximum absolute atomic E-state index is 12.2. The maximum atomic E-state index is 12.2. The Balaban J connectivity index is 1.75. The molecule has 0 saturated carbocycles. The van der Waals surface area contributed by atoms with Crippen LogP contribution in [0.25, 0.3) is 0 Å². The zero-order chi connectivity index (χ0) is 20.2. The van der Waals surface area contributed by atoms with Crippen molar-refractivity contribution in [3.8, 4) is 11.5 Å². The molecule has 1 atom stereocenters. The van der Waals surface area contributed by atoms with E-state index in [1.807, 2.05) is 42.5 Å². The van der Waals surface area contributed by atoms with E-state index in [2.05, 4.69) is 41.5 Å². The minimum absolute atomic E-state index is 0.150. The highest BCUT2D eigenvalue weighted by Crippen LogP contribution is 2.19. The summed E-state index contributed by atoms with van der Waals surface area (Å²) >= 11 is 0. The number of carbonyl (C=O) groups is 1. The third kappa shape index (κ3) is 6.78. The highest BCUT2D eigenvalue weighted by Gasteiger charge is 2.18. The van der Waals surface area contributed by atoms with Gasteiger partial charge >= 0.3 is 6.03 Å². The highest BCUT2D eigenvalue weighted by atomic mass is 16.5. The monoisotopic (exact) mass is 385 g/mol. The molecule has 0 radical (unpaired) electrons. The van der Waals surface area contributed by atoms with E-state index in [1.54, 1.807) is 7.11 Å². The van der Waals surface area contributed by atoms with Gasteiger partial charge in [0.1, 0.15) is 18.1 Å². The maximum Gasteiger partial charge on any atom is 0.314 e. The number of amides is 2. The number of ether oxygens (including phenoxy) is 2. The molecular formula is C22H31N3O3. The summed E-state index contributed by atoms with van der Waals surface area (Å²) < 4.78 is 10.7. The van der Waals surface area contributed by atoms with Crippen LogP contribution < -0.4 is 20.1 Å². The van der Waals surface area contributed by atoms with Crippen LogP contribution in [0.2, 0.25) is 0 Å². The molecule has 0 spiro atoms. The van der Waals surface area contributed by atoms with Crippen molar-refractivity contribution in [1.82, 2.24) is 15.5 Å². The van der Waals surface area contributed by atoms with E-state index in [0.717, 1.165) is 24.6 Å². The SMILES string of the molecule is CCN(CC)C(CNC(=O)NCCOc1ccc(OC)cc1)c1ccccc1. The fraction of sp³-hybridized carbons (Fsp3) is 0.409. The minimum atomic E-state index is -0.189. The normalized spacial score (nSPS) is 11.7. The summed E-state index contributed by atoms with van der Waals surface area (Å²) in [6.45, 7) is 7.50. The van der Waals surface area contributed by atoms with E-state index >= 15 is 0 Å². The fourth-order valence-electron chi connectivity index (χ4n) is 3.05. The van der Waals surface area contributed by atoms with Gasteiger partial charge in [0.05, 0.1) is 19.7 Å². The number of nitrogens with zero attached hydrogens (tertiary/aromatic N) is 1.